The van der Waals surface area contributed by atoms with Crippen LogP contribution in [0, 0.1) is 5.92 Å². The summed E-state index contributed by atoms with van der Waals surface area (Å²) in [6.45, 7) is 3.60. The molecule has 0 radical (unpaired) electrons. The maximum absolute atomic E-state index is 8.69. The van der Waals surface area contributed by atoms with E-state index in [-0.39, 0.29) is 12.5 Å². The van der Waals surface area contributed by atoms with Crippen molar-refractivity contribution in [1.82, 2.24) is 0 Å². The number of hydrogen-bond acceptors (Lipinski definition) is 2. The molecule has 0 saturated carbocycles. The van der Waals surface area contributed by atoms with Crippen molar-refractivity contribution in [3.63, 3.8) is 0 Å². The smallest absolute Gasteiger partial charge is 0.0793 e. The Kier molecular flexibility index (Phi) is 2.96. The van der Waals surface area contributed by atoms with Gasteiger partial charge >= 0.3 is 0 Å². The first-order chi connectivity index (χ1) is 3.18. The topological polar surface area (TPSA) is 40.5 Å². The molecule has 44 valence electrons. The number of rotatable bonds is 2. The van der Waals surface area contributed by atoms with Crippen LogP contribution in [0.2, 0.25) is 0 Å². The van der Waals surface area contributed by atoms with Gasteiger partial charge < -0.3 is 10.2 Å². The van der Waals surface area contributed by atoms with E-state index in [0.29, 0.717) is 0 Å². The molecular formula is C5H12O2. The van der Waals surface area contributed by atoms with E-state index in [1.54, 1.807) is 0 Å². The molecule has 0 amide bonds. The first kappa shape index (κ1) is 6.92. The van der Waals surface area contributed by atoms with Crippen molar-refractivity contribution in [2.75, 3.05) is 6.61 Å². The molecule has 0 aliphatic rings. The van der Waals surface area contributed by atoms with E-state index in [0.717, 1.165) is 0 Å². The van der Waals surface area contributed by atoms with Gasteiger partial charge in [-0.1, -0.05) is 13.8 Å². The van der Waals surface area contributed by atoms with Gasteiger partial charge in [-0.2, -0.15) is 0 Å². The van der Waals surface area contributed by atoms with Gasteiger partial charge in [0.1, 0.15) is 0 Å². The number of aliphatic hydroxyl groups excluding tert-OH is 2. The van der Waals surface area contributed by atoms with Crippen molar-refractivity contribution >= 4 is 0 Å². The molecule has 1 atom stereocenters. The molecule has 0 aromatic rings. The Hall–Kier alpha value is -0.0800. The largest absolute Gasteiger partial charge is 0.394 e. The van der Waals surface area contributed by atoms with Crippen LogP contribution in [-0.4, -0.2) is 22.9 Å². The van der Waals surface area contributed by atoms with Crippen LogP contribution in [0.4, 0.5) is 0 Å². The van der Waals surface area contributed by atoms with Gasteiger partial charge in [-0.3, -0.25) is 0 Å². The van der Waals surface area contributed by atoms with Crippen LogP contribution in [0.1, 0.15) is 13.8 Å². The third kappa shape index (κ3) is 2.60. The number of aliphatic hydroxyl groups is 2. The van der Waals surface area contributed by atoms with Gasteiger partial charge in [0, 0.05) is 0 Å². The van der Waals surface area contributed by atoms with E-state index in [4.69, 9.17) is 10.2 Å². The summed E-state index contributed by atoms with van der Waals surface area (Å²) in [4.78, 5) is 0. The lowest BCUT2D eigenvalue weighted by atomic mass is 10.1. The van der Waals surface area contributed by atoms with Gasteiger partial charge in [0.2, 0.25) is 0 Å². The highest BCUT2D eigenvalue weighted by Gasteiger charge is 2.04. The fraction of sp³-hybridized carbons (Fsp3) is 1.00. The maximum Gasteiger partial charge on any atom is 0.0793 e. The average Bonchev–Trinajstić information content (AvgIpc) is 1.65. The number of hydrogen-bond donors (Lipinski definition) is 2. The summed E-state index contributed by atoms with van der Waals surface area (Å²) >= 11 is 0. The second kappa shape index (κ2) is 2.99. The zero-order valence-corrected chi connectivity index (χ0v) is 4.76. The molecule has 0 aliphatic heterocycles. The predicted molar refractivity (Wildman–Crippen MR) is 27.9 cm³/mol. The lowest BCUT2D eigenvalue weighted by Gasteiger charge is -2.08. The van der Waals surface area contributed by atoms with Crippen molar-refractivity contribution in [2.45, 2.75) is 20.0 Å². The van der Waals surface area contributed by atoms with E-state index in [1.165, 1.54) is 0 Å². The van der Waals surface area contributed by atoms with Gasteiger partial charge in [-0.05, 0) is 5.92 Å². The summed E-state index contributed by atoms with van der Waals surface area (Å²) in [7, 11) is 0. The standard InChI is InChI=1S/C5H12O2/c1-4(2)5(7)3-6/h4-7H,3H2,1-2H3/t5-/m1/s1. The Labute approximate surface area is 43.8 Å². The van der Waals surface area contributed by atoms with Crippen molar-refractivity contribution < 1.29 is 10.2 Å². The molecule has 0 fully saturated rings. The fourth-order valence-electron chi connectivity index (χ4n) is 0.211. The highest BCUT2D eigenvalue weighted by atomic mass is 16.3. The molecule has 0 aliphatic carbocycles. The average molecular weight is 104 g/mol. The van der Waals surface area contributed by atoms with Gasteiger partial charge in [-0.25, -0.2) is 0 Å². The molecule has 0 saturated heterocycles. The second-order valence-corrected chi connectivity index (χ2v) is 1.99. The summed E-state index contributed by atoms with van der Waals surface area (Å²) in [6, 6.07) is 0. The molecule has 2 nitrogen and oxygen atoms in total. The Bertz CT molecular complexity index is 43.3. The highest BCUT2D eigenvalue weighted by molar-refractivity contribution is 4.55. The van der Waals surface area contributed by atoms with Gasteiger partial charge in [0.25, 0.3) is 0 Å². The van der Waals surface area contributed by atoms with Crippen LogP contribution in [0.25, 0.3) is 0 Å². The summed E-state index contributed by atoms with van der Waals surface area (Å²) < 4.78 is 0. The summed E-state index contributed by atoms with van der Waals surface area (Å²) in [6.07, 6.45) is -0.542. The molecule has 0 rings (SSSR count). The van der Waals surface area contributed by atoms with E-state index in [9.17, 15) is 0 Å². The Morgan fingerprint density at radius 2 is 1.86 bits per heavy atom. The van der Waals surface area contributed by atoms with Crippen molar-refractivity contribution in [3.05, 3.63) is 0 Å². The highest BCUT2D eigenvalue weighted by Crippen LogP contribution is 1.97. The van der Waals surface area contributed by atoms with E-state index < -0.39 is 6.10 Å². The zero-order valence-electron chi connectivity index (χ0n) is 4.76. The summed E-state index contributed by atoms with van der Waals surface area (Å²) in [5, 5.41) is 16.9. The molecule has 2 N–H and O–H groups in total. The molecule has 0 unspecified atom stereocenters. The minimum Gasteiger partial charge on any atom is -0.394 e. The molecule has 7 heavy (non-hydrogen) atoms. The molecular weight excluding hydrogens is 92.1 g/mol. The molecule has 0 heterocycles. The zero-order chi connectivity index (χ0) is 5.86. The molecule has 2 heteroatoms. The van der Waals surface area contributed by atoms with Crippen LogP contribution < -0.4 is 0 Å². The van der Waals surface area contributed by atoms with E-state index >= 15 is 0 Å². The quantitative estimate of drug-likeness (QED) is 0.517. The third-order valence-corrected chi connectivity index (χ3v) is 0.957. The minimum absolute atomic E-state index is 0.127. The van der Waals surface area contributed by atoms with E-state index in [2.05, 4.69) is 0 Å². The summed E-state index contributed by atoms with van der Waals surface area (Å²) in [5.41, 5.74) is 0. The van der Waals surface area contributed by atoms with Crippen LogP contribution in [-0.2, 0) is 0 Å². The van der Waals surface area contributed by atoms with Crippen molar-refractivity contribution in [1.29, 1.82) is 0 Å². The SMILES string of the molecule is CC(C)[C@H](O)CO. The van der Waals surface area contributed by atoms with Crippen LogP contribution in [0.3, 0.4) is 0 Å². The lowest BCUT2D eigenvalue weighted by molar-refractivity contribution is 0.0597. The van der Waals surface area contributed by atoms with Crippen LogP contribution in [0.5, 0.6) is 0 Å². The van der Waals surface area contributed by atoms with Gasteiger partial charge in [-0.15, -0.1) is 0 Å². The van der Waals surface area contributed by atoms with Crippen molar-refractivity contribution in [2.24, 2.45) is 5.92 Å². The summed E-state index contributed by atoms with van der Waals surface area (Å²) in [5.74, 6) is 0.171. The Morgan fingerprint density at radius 1 is 1.43 bits per heavy atom. The minimum atomic E-state index is -0.542. The van der Waals surface area contributed by atoms with Crippen LogP contribution in [0.15, 0.2) is 0 Å². The van der Waals surface area contributed by atoms with Crippen molar-refractivity contribution in [3.8, 4) is 0 Å². The van der Waals surface area contributed by atoms with E-state index in [1.807, 2.05) is 13.8 Å². The molecule has 0 aromatic carbocycles. The maximum atomic E-state index is 8.69. The van der Waals surface area contributed by atoms with Gasteiger partial charge in [0.15, 0.2) is 0 Å². The van der Waals surface area contributed by atoms with Gasteiger partial charge in [0.05, 0.1) is 12.7 Å². The molecule has 0 aromatic heterocycles. The Morgan fingerprint density at radius 3 is 1.86 bits per heavy atom. The second-order valence-electron chi connectivity index (χ2n) is 1.99. The predicted octanol–water partition coefficient (Wildman–Crippen LogP) is -0.00440. The lowest BCUT2D eigenvalue weighted by Crippen LogP contribution is -2.18. The monoisotopic (exact) mass is 104 g/mol. The molecule has 0 spiro atoms. The first-order valence-electron chi connectivity index (χ1n) is 2.47. The molecule has 0 bridgehead atoms. The first-order valence-corrected chi connectivity index (χ1v) is 2.47. The third-order valence-electron chi connectivity index (χ3n) is 0.957. The normalized spacial score (nSPS) is 15.0. The van der Waals surface area contributed by atoms with Crippen LogP contribution >= 0.6 is 0 Å². The fourth-order valence-corrected chi connectivity index (χ4v) is 0.211. The Balaban J connectivity index is 3.14.